The molecule has 1 aliphatic heterocycles. The minimum atomic E-state index is -0.579. The lowest BCUT2D eigenvalue weighted by Gasteiger charge is -2.19. The Bertz CT molecular complexity index is 1410. The molecule has 11 heteroatoms. The van der Waals surface area contributed by atoms with Gasteiger partial charge in [-0.25, -0.2) is 4.39 Å². The zero-order chi connectivity index (χ0) is 27.4. The highest BCUT2D eigenvalue weighted by Crippen LogP contribution is 2.38. The summed E-state index contributed by atoms with van der Waals surface area (Å²) < 4.78 is 29.3. The summed E-state index contributed by atoms with van der Waals surface area (Å²) in [5.74, 6) is -0.785. The van der Waals surface area contributed by atoms with Gasteiger partial charge < -0.3 is 19.1 Å². The number of benzene rings is 3. The van der Waals surface area contributed by atoms with Crippen LogP contribution in [0.1, 0.15) is 11.1 Å². The molecule has 0 spiro atoms. The molecule has 7 nitrogen and oxygen atoms in total. The minimum absolute atomic E-state index is 0.103. The molecule has 3 aromatic carbocycles. The summed E-state index contributed by atoms with van der Waals surface area (Å²) in [6.07, 6.45) is 1.55. The van der Waals surface area contributed by atoms with Crippen LogP contribution in [0.25, 0.3) is 6.08 Å². The van der Waals surface area contributed by atoms with E-state index in [1.165, 1.54) is 36.2 Å². The first kappa shape index (κ1) is 27.4. The largest absolute Gasteiger partial charge is 0.493 e. The van der Waals surface area contributed by atoms with Crippen molar-refractivity contribution in [1.82, 2.24) is 4.90 Å². The number of carbonyl (C=O) groups excluding carboxylic acids is 2. The Morgan fingerprint density at radius 2 is 1.74 bits per heavy atom. The predicted octanol–water partition coefficient (Wildman–Crippen LogP) is 5.87. The van der Waals surface area contributed by atoms with E-state index in [1.54, 1.807) is 54.6 Å². The van der Waals surface area contributed by atoms with Gasteiger partial charge in [0, 0.05) is 5.02 Å². The number of hydrogen-bond donors (Lipinski definition) is 0. The molecule has 196 valence electrons. The summed E-state index contributed by atoms with van der Waals surface area (Å²) in [6, 6.07) is 15.7. The number of ether oxygens (including phenoxy) is 3. The second-order valence-corrected chi connectivity index (χ2v) is 9.25. The molecule has 38 heavy (non-hydrogen) atoms. The van der Waals surface area contributed by atoms with E-state index in [1.807, 2.05) is 0 Å². The van der Waals surface area contributed by atoms with Crippen LogP contribution in [0.5, 0.6) is 11.5 Å². The summed E-state index contributed by atoms with van der Waals surface area (Å²) in [6.45, 7) is -0.146. The molecular weight excluding hydrogens is 554 g/mol. The molecule has 0 unspecified atom stereocenters. The summed E-state index contributed by atoms with van der Waals surface area (Å²) >= 11 is 18.1. The summed E-state index contributed by atoms with van der Waals surface area (Å²) in [5.41, 5.74) is 1.86. The number of hydrogen-bond acceptors (Lipinski definition) is 6. The van der Waals surface area contributed by atoms with Gasteiger partial charge in [-0.1, -0.05) is 35.3 Å². The van der Waals surface area contributed by atoms with Crippen molar-refractivity contribution in [2.24, 2.45) is 0 Å². The first-order chi connectivity index (χ1) is 18.2. The Morgan fingerprint density at radius 3 is 2.37 bits per heavy atom. The number of thiocarbonyl (C=S) groups is 1. The topological polar surface area (TPSA) is 68.3 Å². The monoisotopic (exact) mass is 574 g/mol. The number of methoxy groups -OCH3 is 2. The third-order valence-corrected chi connectivity index (χ3v) is 6.52. The van der Waals surface area contributed by atoms with Crippen LogP contribution in [0, 0.1) is 5.82 Å². The predicted molar refractivity (Wildman–Crippen MR) is 147 cm³/mol. The molecule has 0 atom stereocenters. The first-order valence-electron chi connectivity index (χ1n) is 11.2. The van der Waals surface area contributed by atoms with Gasteiger partial charge in [-0.3, -0.25) is 14.5 Å². The van der Waals surface area contributed by atoms with E-state index in [0.29, 0.717) is 22.0 Å². The summed E-state index contributed by atoms with van der Waals surface area (Å²) in [4.78, 5) is 28.3. The quantitative estimate of drug-likeness (QED) is 0.189. The van der Waals surface area contributed by atoms with Crippen molar-refractivity contribution in [2.75, 3.05) is 25.7 Å². The van der Waals surface area contributed by atoms with Gasteiger partial charge >= 0.3 is 5.97 Å². The van der Waals surface area contributed by atoms with Crippen LogP contribution in [-0.2, 0) is 20.9 Å². The van der Waals surface area contributed by atoms with Crippen LogP contribution in [0.3, 0.4) is 0 Å². The van der Waals surface area contributed by atoms with Gasteiger partial charge in [0.25, 0.3) is 5.91 Å². The van der Waals surface area contributed by atoms with Gasteiger partial charge in [0.2, 0.25) is 0 Å². The fourth-order valence-electron chi connectivity index (χ4n) is 3.70. The SMILES string of the molecule is COC(=O)CN1C(=S)N(c2ccc(Cl)cc2)C(=O)/C1=C/c1cc(Cl)c(OCc2ccc(F)cc2)c(OC)c1. The number of carbonyl (C=O) groups is 2. The molecule has 4 rings (SSSR count). The van der Waals surface area contributed by atoms with Crippen molar-refractivity contribution in [2.45, 2.75) is 6.61 Å². The van der Waals surface area contributed by atoms with Gasteiger partial charge in [0.15, 0.2) is 16.6 Å². The van der Waals surface area contributed by atoms with Crippen molar-refractivity contribution in [3.8, 4) is 11.5 Å². The zero-order valence-electron chi connectivity index (χ0n) is 20.2. The van der Waals surface area contributed by atoms with E-state index in [4.69, 9.17) is 49.6 Å². The van der Waals surface area contributed by atoms with Gasteiger partial charge in [-0.2, -0.15) is 0 Å². The molecule has 0 radical (unpaired) electrons. The van der Waals surface area contributed by atoms with Crippen molar-refractivity contribution in [3.63, 3.8) is 0 Å². The van der Waals surface area contributed by atoms with Gasteiger partial charge in [0.05, 0.1) is 24.9 Å². The van der Waals surface area contributed by atoms with Crippen molar-refractivity contribution in [3.05, 3.63) is 93.4 Å². The van der Waals surface area contributed by atoms with Gasteiger partial charge in [-0.15, -0.1) is 0 Å². The summed E-state index contributed by atoms with van der Waals surface area (Å²) in [5, 5.41) is 0.823. The Kier molecular flexibility index (Phi) is 8.51. The average molecular weight is 575 g/mol. The van der Waals surface area contributed by atoms with Crippen LogP contribution < -0.4 is 14.4 Å². The van der Waals surface area contributed by atoms with Gasteiger partial charge in [0.1, 0.15) is 24.7 Å². The molecule has 0 aliphatic carbocycles. The molecule has 1 aliphatic rings. The highest BCUT2D eigenvalue weighted by Gasteiger charge is 2.40. The summed E-state index contributed by atoms with van der Waals surface area (Å²) in [7, 11) is 2.70. The molecule has 0 bridgehead atoms. The van der Waals surface area contributed by atoms with E-state index in [2.05, 4.69) is 0 Å². The third kappa shape index (κ3) is 5.91. The number of rotatable bonds is 8. The maximum atomic E-state index is 13.5. The van der Waals surface area contributed by atoms with Crippen molar-refractivity contribution in [1.29, 1.82) is 0 Å². The second-order valence-electron chi connectivity index (χ2n) is 8.04. The lowest BCUT2D eigenvalue weighted by molar-refractivity contribution is -0.140. The molecule has 1 heterocycles. The molecule has 0 saturated carbocycles. The highest BCUT2D eigenvalue weighted by atomic mass is 35.5. The fourth-order valence-corrected chi connectivity index (χ4v) is 4.45. The van der Waals surface area contributed by atoms with Crippen molar-refractivity contribution < 1.29 is 28.2 Å². The first-order valence-corrected chi connectivity index (χ1v) is 12.3. The maximum Gasteiger partial charge on any atom is 0.325 e. The molecule has 0 N–H and O–H groups in total. The van der Waals surface area contributed by atoms with E-state index >= 15 is 0 Å². The highest BCUT2D eigenvalue weighted by molar-refractivity contribution is 7.80. The fraction of sp³-hybridized carbons (Fsp3) is 0.148. The smallest absolute Gasteiger partial charge is 0.325 e. The van der Waals surface area contributed by atoms with Crippen LogP contribution in [-0.4, -0.2) is 42.7 Å². The standard InChI is InChI=1S/C27H21Cl2FN2O5S/c1-35-23-13-17(11-21(29)25(23)37-15-16-3-7-19(30)8-4-16)12-22-26(34)32(20-9-5-18(28)6-10-20)27(38)31(22)14-24(33)36-2/h3-13H,14-15H2,1-2H3/b22-12-. The molecule has 0 aromatic heterocycles. The lowest BCUT2D eigenvalue weighted by Crippen LogP contribution is -2.35. The van der Waals surface area contributed by atoms with Crippen molar-refractivity contribution >= 4 is 64.2 Å². The van der Waals surface area contributed by atoms with Crippen LogP contribution in [0.15, 0.2) is 66.4 Å². The van der Waals surface area contributed by atoms with Crippen LogP contribution in [0.2, 0.25) is 10.0 Å². The Morgan fingerprint density at radius 1 is 1.05 bits per heavy atom. The molecular formula is C27H21Cl2FN2O5S. The number of anilines is 1. The zero-order valence-corrected chi connectivity index (χ0v) is 22.6. The number of nitrogens with zero attached hydrogens (tertiary/aromatic N) is 2. The van der Waals surface area contributed by atoms with Crippen LogP contribution >= 0.6 is 35.4 Å². The molecule has 3 aromatic rings. The van der Waals surface area contributed by atoms with Gasteiger partial charge in [-0.05, 0) is 78.0 Å². The number of amides is 1. The number of esters is 1. The van der Waals surface area contributed by atoms with E-state index < -0.39 is 11.9 Å². The normalized spacial score (nSPS) is 14.3. The average Bonchev–Trinajstić information content (AvgIpc) is 3.13. The lowest BCUT2D eigenvalue weighted by atomic mass is 10.1. The number of halogens is 3. The minimum Gasteiger partial charge on any atom is -0.493 e. The maximum absolute atomic E-state index is 13.5. The molecule has 1 fully saturated rings. The third-order valence-electron chi connectivity index (χ3n) is 5.59. The Hall–Kier alpha value is -3.66. The van der Waals surface area contributed by atoms with E-state index in [9.17, 15) is 14.0 Å². The Labute approximate surface area is 233 Å². The van der Waals surface area contributed by atoms with E-state index in [-0.39, 0.29) is 40.6 Å². The molecule has 1 amide bonds. The van der Waals surface area contributed by atoms with Crippen LogP contribution in [0.4, 0.5) is 10.1 Å². The van der Waals surface area contributed by atoms with E-state index in [0.717, 1.165) is 5.56 Å². The molecule has 1 saturated heterocycles. The second kappa shape index (κ2) is 11.8. The Balaban J connectivity index is 1.68.